The number of cyclic esters (lactones) is 1. The Morgan fingerprint density at radius 2 is 1.85 bits per heavy atom. The molecule has 6 nitrogen and oxygen atoms in total. The van der Waals surface area contributed by atoms with Crippen LogP contribution in [0.3, 0.4) is 0 Å². The Kier molecular flexibility index (Phi) is 5.73. The first-order valence-electron chi connectivity index (χ1n) is 8.20. The van der Waals surface area contributed by atoms with E-state index in [1.807, 2.05) is 60.7 Å². The normalized spacial score (nSPS) is 14.0. The van der Waals surface area contributed by atoms with Crippen LogP contribution < -0.4 is 5.32 Å². The highest BCUT2D eigenvalue weighted by Gasteiger charge is 2.20. The van der Waals surface area contributed by atoms with Gasteiger partial charge in [0.05, 0.1) is 6.54 Å². The van der Waals surface area contributed by atoms with Crippen molar-refractivity contribution in [2.45, 2.75) is 12.6 Å². The molecule has 2 aromatic rings. The van der Waals surface area contributed by atoms with Crippen molar-refractivity contribution >= 4 is 12.2 Å². The molecule has 1 unspecified atom stereocenters. The van der Waals surface area contributed by atoms with E-state index in [-0.39, 0.29) is 6.61 Å². The number of ether oxygens (including phenoxy) is 2. The standard InChI is InChI=1S/C20H18N2O4/c23-19(26-15-16-7-3-1-4-8-16)21-18(17-9-5-2-6-10-17)11-12-22-13-14-25-20(22)24/h1-10,18H,13-15H2,(H,21,23). The Morgan fingerprint density at radius 3 is 2.50 bits per heavy atom. The minimum Gasteiger partial charge on any atom is -0.447 e. The number of amides is 2. The molecule has 2 aromatic carbocycles. The molecular weight excluding hydrogens is 332 g/mol. The lowest BCUT2D eigenvalue weighted by Crippen LogP contribution is -2.29. The summed E-state index contributed by atoms with van der Waals surface area (Å²) in [4.78, 5) is 24.9. The summed E-state index contributed by atoms with van der Waals surface area (Å²) in [5.74, 6) is 2.90. The zero-order valence-electron chi connectivity index (χ0n) is 14.1. The summed E-state index contributed by atoms with van der Waals surface area (Å²) in [7, 11) is 0. The van der Waals surface area contributed by atoms with Gasteiger partial charge >= 0.3 is 12.2 Å². The lowest BCUT2D eigenvalue weighted by Gasteiger charge is -2.14. The molecule has 0 spiro atoms. The van der Waals surface area contributed by atoms with Crippen molar-refractivity contribution in [2.75, 3.05) is 13.2 Å². The quantitative estimate of drug-likeness (QED) is 0.861. The highest BCUT2D eigenvalue weighted by atomic mass is 16.6. The molecule has 0 bridgehead atoms. The first-order valence-corrected chi connectivity index (χ1v) is 8.20. The van der Waals surface area contributed by atoms with E-state index in [1.165, 1.54) is 4.90 Å². The third-order valence-corrected chi connectivity index (χ3v) is 3.71. The highest BCUT2D eigenvalue weighted by molar-refractivity contribution is 5.72. The zero-order chi connectivity index (χ0) is 18.2. The molecule has 1 saturated heterocycles. The summed E-state index contributed by atoms with van der Waals surface area (Å²) in [5, 5.41) is 2.73. The molecule has 1 heterocycles. The van der Waals surface area contributed by atoms with Gasteiger partial charge in [-0.2, -0.15) is 0 Å². The third-order valence-electron chi connectivity index (χ3n) is 3.71. The monoisotopic (exact) mass is 350 g/mol. The number of hydrogen-bond acceptors (Lipinski definition) is 4. The molecule has 0 radical (unpaired) electrons. The summed E-state index contributed by atoms with van der Waals surface area (Å²) in [5.41, 5.74) is 1.69. The van der Waals surface area contributed by atoms with E-state index in [0.29, 0.717) is 13.2 Å². The van der Waals surface area contributed by atoms with Gasteiger partial charge in [0.25, 0.3) is 0 Å². The molecule has 1 atom stereocenters. The molecule has 1 aliphatic rings. The summed E-state index contributed by atoms with van der Waals surface area (Å²) < 4.78 is 10.1. The van der Waals surface area contributed by atoms with Crippen LogP contribution in [-0.4, -0.2) is 30.2 Å². The second kappa shape index (κ2) is 8.58. The van der Waals surface area contributed by atoms with E-state index in [9.17, 15) is 9.59 Å². The molecule has 1 fully saturated rings. The zero-order valence-corrected chi connectivity index (χ0v) is 14.1. The van der Waals surface area contributed by atoms with Gasteiger partial charge in [0.15, 0.2) is 0 Å². The fourth-order valence-corrected chi connectivity index (χ4v) is 2.37. The van der Waals surface area contributed by atoms with Crippen LogP contribution in [0.15, 0.2) is 60.7 Å². The minimum atomic E-state index is -0.604. The van der Waals surface area contributed by atoms with Gasteiger partial charge < -0.3 is 14.8 Å². The van der Waals surface area contributed by atoms with E-state index in [1.54, 1.807) is 0 Å². The van der Waals surface area contributed by atoms with Gasteiger partial charge in [-0.15, -0.1) is 0 Å². The van der Waals surface area contributed by atoms with E-state index in [2.05, 4.69) is 17.3 Å². The predicted octanol–water partition coefficient (Wildman–Crippen LogP) is 3.07. The molecule has 6 heteroatoms. The summed E-state index contributed by atoms with van der Waals surface area (Å²) in [6, 6.07) is 20.8. The SMILES string of the molecule is O=C(NC(C#CN1CCOC1=O)c1ccccc1)OCc1ccccc1. The topological polar surface area (TPSA) is 67.9 Å². The van der Waals surface area contributed by atoms with Crippen LogP contribution in [0.2, 0.25) is 0 Å². The fraction of sp³-hybridized carbons (Fsp3) is 0.200. The van der Waals surface area contributed by atoms with E-state index < -0.39 is 18.2 Å². The number of hydrogen-bond donors (Lipinski definition) is 1. The minimum absolute atomic E-state index is 0.167. The molecule has 0 aromatic heterocycles. The van der Waals surface area contributed by atoms with Gasteiger partial charge in [-0.1, -0.05) is 60.7 Å². The Balaban J connectivity index is 1.66. The van der Waals surface area contributed by atoms with Crippen molar-refractivity contribution in [1.29, 1.82) is 0 Å². The van der Waals surface area contributed by atoms with Crippen LogP contribution in [0.5, 0.6) is 0 Å². The van der Waals surface area contributed by atoms with Crippen LogP contribution in [0, 0.1) is 12.0 Å². The number of carbonyl (C=O) groups is 2. The third kappa shape index (κ3) is 4.77. The smallest absolute Gasteiger partial charge is 0.421 e. The Hall–Kier alpha value is -3.46. The van der Waals surface area contributed by atoms with Crippen molar-refractivity contribution < 1.29 is 19.1 Å². The first kappa shape index (κ1) is 17.4. The van der Waals surface area contributed by atoms with Crippen molar-refractivity contribution in [1.82, 2.24) is 10.2 Å². The van der Waals surface area contributed by atoms with E-state index in [0.717, 1.165) is 11.1 Å². The van der Waals surface area contributed by atoms with Gasteiger partial charge in [-0.25, -0.2) is 14.5 Å². The van der Waals surface area contributed by atoms with Gasteiger partial charge in [0, 0.05) is 6.04 Å². The maximum atomic E-state index is 12.2. The number of carbonyl (C=O) groups excluding carboxylic acids is 2. The summed E-state index contributed by atoms with van der Waals surface area (Å²) >= 11 is 0. The predicted molar refractivity (Wildman–Crippen MR) is 94.8 cm³/mol. The average Bonchev–Trinajstić information content (AvgIpc) is 3.10. The Morgan fingerprint density at radius 1 is 1.15 bits per heavy atom. The lowest BCUT2D eigenvalue weighted by atomic mass is 10.1. The molecule has 132 valence electrons. The summed E-state index contributed by atoms with van der Waals surface area (Å²) in [6.45, 7) is 0.891. The molecule has 0 saturated carbocycles. The summed E-state index contributed by atoms with van der Waals surface area (Å²) in [6.07, 6.45) is -1.06. The second-order valence-electron chi connectivity index (χ2n) is 5.57. The average molecular weight is 350 g/mol. The largest absolute Gasteiger partial charge is 0.447 e. The van der Waals surface area contributed by atoms with E-state index in [4.69, 9.17) is 9.47 Å². The second-order valence-corrected chi connectivity index (χ2v) is 5.57. The molecular formula is C20H18N2O4. The van der Waals surface area contributed by atoms with Gasteiger partial charge in [0.1, 0.15) is 19.3 Å². The Bertz CT molecular complexity index is 812. The fourth-order valence-electron chi connectivity index (χ4n) is 2.37. The van der Waals surface area contributed by atoms with Gasteiger partial charge in [-0.3, -0.25) is 0 Å². The van der Waals surface area contributed by atoms with Crippen LogP contribution in [0.4, 0.5) is 9.59 Å². The molecule has 0 aliphatic carbocycles. The highest BCUT2D eigenvalue weighted by Crippen LogP contribution is 2.13. The number of nitrogens with one attached hydrogen (secondary N) is 1. The maximum Gasteiger partial charge on any atom is 0.421 e. The lowest BCUT2D eigenvalue weighted by molar-refractivity contribution is 0.138. The van der Waals surface area contributed by atoms with Crippen molar-refractivity contribution in [2.24, 2.45) is 0 Å². The van der Waals surface area contributed by atoms with Crippen LogP contribution in [0.25, 0.3) is 0 Å². The molecule has 2 amide bonds. The number of alkyl carbamates (subject to hydrolysis) is 1. The number of nitrogens with zero attached hydrogens (tertiary/aromatic N) is 1. The van der Waals surface area contributed by atoms with E-state index >= 15 is 0 Å². The number of rotatable bonds is 4. The van der Waals surface area contributed by atoms with Crippen molar-refractivity contribution in [3.8, 4) is 12.0 Å². The van der Waals surface area contributed by atoms with Crippen molar-refractivity contribution in [3.63, 3.8) is 0 Å². The maximum absolute atomic E-state index is 12.2. The Labute approximate surface area is 151 Å². The molecule has 1 N–H and O–H groups in total. The first-order chi connectivity index (χ1) is 12.7. The van der Waals surface area contributed by atoms with Gasteiger partial charge in [0.2, 0.25) is 0 Å². The number of benzene rings is 2. The molecule has 3 rings (SSSR count). The van der Waals surface area contributed by atoms with Crippen LogP contribution in [0.1, 0.15) is 17.2 Å². The van der Waals surface area contributed by atoms with Crippen LogP contribution >= 0.6 is 0 Å². The van der Waals surface area contributed by atoms with Crippen molar-refractivity contribution in [3.05, 3.63) is 71.8 Å². The van der Waals surface area contributed by atoms with Gasteiger partial charge in [-0.05, 0) is 17.0 Å². The van der Waals surface area contributed by atoms with Crippen LogP contribution in [-0.2, 0) is 16.1 Å². The molecule has 26 heavy (non-hydrogen) atoms. The molecule has 1 aliphatic heterocycles.